The second-order valence-corrected chi connectivity index (χ2v) is 7.19. The first-order valence-electron chi connectivity index (χ1n) is 9.34. The van der Waals surface area contributed by atoms with Gasteiger partial charge in [0.15, 0.2) is 5.82 Å². The summed E-state index contributed by atoms with van der Waals surface area (Å²) in [6.07, 6.45) is 2.92. The van der Waals surface area contributed by atoms with Gasteiger partial charge in [0.05, 0.1) is 6.04 Å². The van der Waals surface area contributed by atoms with Gasteiger partial charge in [0, 0.05) is 6.42 Å². The van der Waals surface area contributed by atoms with E-state index in [4.69, 9.17) is 0 Å². The van der Waals surface area contributed by atoms with Gasteiger partial charge in [-0.05, 0) is 42.0 Å². The van der Waals surface area contributed by atoms with Crippen LogP contribution in [0, 0.1) is 12.8 Å². The van der Waals surface area contributed by atoms with Crippen LogP contribution >= 0.6 is 0 Å². The summed E-state index contributed by atoms with van der Waals surface area (Å²) < 4.78 is 0. The summed E-state index contributed by atoms with van der Waals surface area (Å²) in [6.45, 7) is 2.14. The lowest BCUT2D eigenvalue weighted by atomic mass is 10.0. The monoisotopic (exact) mass is 361 g/mol. The fourth-order valence-corrected chi connectivity index (χ4v) is 3.21. The summed E-state index contributed by atoms with van der Waals surface area (Å²) in [5.74, 6) is 1.06. The van der Waals surface area contributed by atoms with Crippen molar-refractivity contribution < 1.29 is 4.79 Å². The average Bonchev–Trinajstić information content (AvgIpc) is 3.43. The Kier molecular flexibility index (Phi) is 4.96. The quantitative estimate of drug-likeness (QED) is 0.702. The van der Waals surface area contributed by atoms with Gasteiger partial charge in [0.1, 0.15) is 6.54 Å². The van der Waals surface area contributed by atoms with Crippen molar-refractivity contribution in [1.82, 2.24) is 25.5 Å². The summed E-state index contributed by atoms with van der Waals surface area (Å²) in [5, 5.41) is 15.6. The smallest absolute Gasteiger partial charge is 0.244 e. The average molecular weight is 361 g/mol. The largest absolute Gasteiger partial charge is 0.347 e. The topological polar surface area (TPSA) is 72.7 Å². The Balaban J connectivity index is 1.37. The SMILES string of the molecule is Cc1ccc(Cc2nnn(CC(=O)N[C@@H](c3ccccc3)C3CC3)n2)cc1. The number of amides is 1. The summed E-state index contributed by atoms with van der Waals surface area (Å²) in [5.41, 5.74) is 3.50. The van der Waals surface area contributed by atoms with Gasteiger partial charge in [-0.3, -0.25) is 4.79 Å². The van der Waals surface area contributed by atoms with Crippen molar-refractivity contribution in [2.75, 3.05) is 0 Å². The van der Waals surface area contributed by atoms with Crippen molar-refractivity contribution in [2.24, 2.45) is 5.92 Å². The first kappa shape index (κ1) is 17.4. The molecule has 6 heteroatoms. The molecule has 4 rings (SSSR count). The minimum Gasteiger partial charge on any atom is -0.347 e. The van der Waals surface area contributed by atoms with Crippen LogP contribution in [0.25, 0.3) is 0 Å². The zero-order chi connectivity index (χ0) is 18.6. The minimum atomic E-state index is -0.0879. The third kappa shape index (κ3) is 4.58. The first-order chi connectivity index (χ1) is 13.2. The van der Waals surface area contributed by atoms with E-state index >= 15 is 0 Å². The van der Waals surface area contributed by atoms with E-state index in [9.17, 15) is 4.79 Å². The number of aryl methyl sites for hydroxylation is 1. The van der Waals surface area contributed by atoms with Crippen LogP contribution in [0.3, 0.4) is 0 Å². The highest BCUT2D eigenvalue weighted by atomic mass is 16.2. The summed E-state index contributed by atoms with van der Waals surface area (Å²) >= 11 is 0. The molecule has 1 N–H and O–H groups in total. The van der Waals surface area contributed by atoms with E-state index in [1.807, 2.05) is 18.2 Å². The van der Waals surface area contributed by atoms with E-state index in [1.54, 1.807) is 0 Å². The molecule has 0 saturated heterocycles. The van der Waals surface area contributed by atoms with E-state index in [0.717, 1.165) is 24.0 Å². The van der Waals surface area contributed by atoms with Crippen molar-refractivity contribution in [3.63, 3.8) is 0 Å². The molecule has 1 fully saturated rings. The summed E-state index contributed by atoms with van der Waals surface area (Å²) in [6, 6.07) is 18.4. The Bertz CT molecular complexity index is 900. The molecule has 0 spiro atoms. The van der Waals surface area contributed by atoms with Gasteiger partial charge in [-0.1, -0.05) is 60.2 Å². The van der Waals surface area contributed by atoms with Crippen LogP contribution in [-0.2, 0) is 17.8 Å². The molecule has 6 nitrogen and oxygen atoms in total. The molecule has 0 bridgehead atoms. The maximum absolute atomic E-state index is 12.5. The molecule has 0 unspecified atom stereocenters. The van der Waals surface area contributed by atoms with Crippen molar-refractivity contribution in [3.05, 3.63) is 77.1 Å². The molecular weight excluding hydrogens is 338 g/mol. The van der Waals surface area contributed by atoms with Gasteiger partial charge in [0.2, 0.25) is 5.91 Å². The second kappa shape index (κ2) is 7.70. The van der Waals surface area contributed by atoms with Gasteiger partial charge in [0.25, 0.3) is 0 Å². The predicted molar refractivity (Wildman–Crippen MR) is 102 cm³/mol. The Labute approximate surface area is 158 Å². The van der Waals surface area contributed by atoms with Crippen molar-refractivity contribution >= 4 is 5.91 Å². The molecule has 1 atom stereocenters. The number of rotatable bonds is 7. The van der Waals surface area contributed by atoms with E-state index < -0.39 is 0 Å². The van der Waals surface area contributed by atoms with Gasteiger partial charge >= 0.3 is 0 Å². The van der Waals surface area contributed by atoms with Gasteiger partial charge in [-0.15, -0.1) is 10.2 Å². The molecule has 1 aliphatic rings. The molecule has 3 aromatic rings. The van der Waals surface area contributed by atoms with Crippen LogP contribution in [0.1, 0.15) is 41.4 Å². The molecule has 2 aromatic carbocycles. The molecule has 27 heavy (non-hydrogen) atoms. The highest BCUT2D eigenvalue weighted by Gasteiger charge is 2.33. The lowest BCUT2D eigenvalue weighted by molar-refractivity contribution is -0.123. The van der Waals surface area contributed by atoms with Gasteiger partial charge in [-0.2, -0.15) is 4.80 Å². The maximum atomic E-state index is 12.5. The lowest BCUT2D eigenvalue weighted by Crippen LogP contribution is -2.33. The number of hydrogen-bond donors (Lipinski definition) is 1. The molecule has 1 saturated carbocycles. The van der Waals surface area contributed by atoms with E-state index in [2.05, 4.69) is 64.0 Å². The number of benzene rings is 2. The van der Waals surface area contributed by atoms with Gasteiger partial charge < -0.3 is 5.32 Å². The lowest BCUT2D eigenvalue weighted by Gasteiger charge is -2.18. The molecule has 1 aromatic heterocycles. The number of nitrogens with one attached hydrogen (secondary N) is 1. The van der Waals surface area contributed by atoms with Crippen molar-refractivity contribution in [3.8, 4) is 0 Å². The molecule has 0 aliphatic heterocycles. The Morgan fingerprint density at radius 2 is 1.89 bits per heavy atom. The highest BCUT2D eigenvalue weighted by molar-refractivity contribution is 5.76. The summed E-state index contributed by atoms with van der Waals surface area (Å²) in [4.78, 5) is 13.9. The third-order valence-corrected chi connectivity index (χ3v) is 4.83. The molecule has 138 valence electrons. The first-order valence-corrected chi connectivity index (χ1v) is 9.34. The molecule has 1 heterocycles. The third-order valence-electron chi connectivity index (χ3n) is 4.83. The number of hydrogen-bond acceptors (Lipinski definition) is 4. The number of carbonyl (C=O) groups is 1. The molecule has 1 amide bonds. The van der Waals surface area contributed by atoms with E-state index in [1.165, 1.54) is 10.4 Å². The van der Waals surface area contributed by atoms with E-state index in [0.29, 0.717) is 18.2 Å². The Morgan fingerprint density at radius 1 is 1.15 bits per heavy atom. The van der Waals surface area contributed by atoms with Crippen LogP contribution in [0.5, 0.6) is 0 Å². The van der Waals surface area contributed by atoms with Crippen molar-refractivity contribution in [1.29, 1.82) is 0 Å². The zero-order valence-corrected chi connectivity index (χ0v) is 15.4. The van der Waals surface area contributed by atoms with Crippen LogP contribution in [0.15, 0.2) is 54.6 Å². The van der Waals surface area contributed by atoms with Crippen LogP contribution in [0.4, 0.5) is 0 Å². The van der Waals surface area contributed by atoms with Crippen LogP contribution in [0.2, 0.25) is 0 Å². The molecular formula is C21H23N5O. The molecule has 1 aliphatic carbocycles. The van der Waals surface area contributed by atoms with Crippen LogP contribution in [-0.4, -0.2) is 26.1 Å². The molecule has 0 radical (unpaired) electrons. The fourth-order valence-electron chi connectivity index (χ4n) is 3.21. The van der Waals surface area contributed by atoms with Crippen LogP contribution < -0.4 is 5.32 Å². The maximum Gasteiger partial charge on any atom is 0.244 e. The fraction of sp³-hybridized carbons (Fsp3) is 0.333. The minimum absolute atomic E-state index is 0.0641. The predicted octanol–water partition coefficient (Wildman–Crippen LogP) is 2.84. The summed E-state index contributed by atoms with van der Waals surface area (Å²) in [7, 11) is 0. The number of nitrogens with zero attached hydrogens (tertiary/aromatic N) is 4. The second-order valence-electron chi connectivity index (χ2n) is 7.19. The standard InChI is InChI=1S/C21H23N5O/c1-15-7-9-16(10-8-15)13-19-23-25-26(24-19)14-20(27)22-21(18-11-12-18)17-5-3-2-4-6-17/h2-10,18,21H,11-14H2,1H3,(H,22,27)/t21-/m0/s1. The number of aromatic nitrogens is 4. The highest BCUT2D eigenvalue weighted by Crippen LogP contribution is 2.40. The van der Waals surface area contributed by atoms with E-state index in [-0.39, 0.29) is 18.5 Å². The Hall–Kier alpha value is -3.02. The van der Waals surface area contributed by atoms with Crippen molar-refractivity contribution in [2.45, 2.75) is 38.8 Å². The normalized spacial score (nSPS) is 14.7. The zero-order valence-electron chi connectivity index (χ0n) is 15.4. The number of tetrazole rings is 1. The number of carbonyl (C=O) groups excluding carboxylic acids is 1. The van der Waals surface area contributed by atoms with Gasteiger partial charge in [-0.25, -0.2) is 0 Å². The Morgan fingerprint density at radius 3 is 2.59 bits per heavy atom.